The smallest absolute Gasteiger partial charge is 0.226 e. The highest BCUT2D eigenvalue weighted by molar-refractivity contribution is 5.79. The molecule has 4 unspecified atom stereocenters. The lowest BCUT2D eigenvalue weighted by atomic mass is 9.77. The van der Waals surface area contributed by atoms with E-state index in [1.807, 2.05) is 4.90 Å². The molecular formula is C14H28N2O. The zero-order valence-corrected chi connectivity index (χ0v) is 11.8. The van der Waals surface area contributed by atoms with E-state index in [0.29, 0.717) is 17.9 Å². The highest BCUT2D eigenvalue weighted by Crippen LogP contribution is 2.31. The first-order valence-electron chi connectivity index (χ1n) is 7.07. The predicted molar refractivity (Wildman–Crippen MR) is 71.6 cm³/mol. The van der Waals surface area contributed by atoms with Crippen LogP contribution in [-0.2, 0) is 4.79 Å². The van der Waals surface area contributed by atoms with Gasteiger partial charge in [0.15, 0.2) is 0 Å². The van der Waals surface area contributed by atoms with Crippen LogP contribution < -0.4 is 5.73 Å². The van der Waals surface area contributed by atoms with Crippen LogP contribution in [0.3, 0.4) is 0 Å². The molecule has 1 aliphatic rings. The van der Waals surface area contributed by atoms with Crippen LogP contribution in [-0.4, -0.2) is 29.4 Å². The second-order valence-electron chi connectivity index (χ2n) is 5.54. The minimum atomic E-state index is 0.146. The van der Waals surface area contributed by atoms with Crippen LogP contribution in [0, 0.1) is 11.8 Å². The largest absolute Gasteiger partial charge is 0.340 e. The number of amides is 1. The Morgan fingerprint density at radius 3 is 2.59 bits per heavy atom. The zero-order valence-electron chi connectivity index (χ0n) is 11.8. The lowest BCUT2D eigenvalue weighted by Gasteiger charge is -2.37. The van der Waals surface area contributed by atoms with E-state index in [0.717, 1.165) is 32.2 Å². The number of nitrogens with zero attached hydrogens (tertiary/aromatic N) is 1. The van der Waals surface area contributed by atoms with Gasteiger partial charge in [-0.1, -0.05) is 13.8 Å². The molecule has 1 rings (SSSR count). The molecule has 0 radical (unpaired) electrons. The molecule has 0 heterocycles. The maximum atomic E-state index is 12.6. The summed E-state index contributed by atoms with van der Waals surface area (Å²) in [7, 11) is 0. The molecule has 0 aromatic carbocycles. The van der Waals surface area contributed by atoms with E-state index in [1.165, 1.54) is 0 Å². The second kappa shape index (κ2) is 6.39. The Kier molecular flexibility index (Phi) is 5.44. The molecule has 0 bridgehead atoms. The first-order chi connectivity index (χ1) is 8.01. The van der Waals surface area contributed by atoms with Crippen molar-refractivity contribution in [3.8, 4) is 0 Å². The summed E-state index contributed by atoms with van der Waals surface area (Å²) in [5, 5.41) is 0. The van der Waals surface area contributed by atoms with Crippen molar-refractivity contribution in [1.29, 1.82) is 0 Å². The van der Waals surface area contributed by atoms with E-state index < -0.39 is 0 Å². The Balaban J connectivity index is 2.71. The minimum absolute atomic E-state index is 0.146. The van der Waals surface area contributed by atoms with Crippen LogP contribution in [0.15, 0.2) is 0 Å². The fourth-order valence-electron chi connectivity index (χ4n) is 2.82. The molecule has 1 saturated carbocycles. The third kappa shape index (κ3) is 3.44. The van der Waals surface area contributed by atoms with Crippen molar-refractivity contribution in [3.05, 3.63) is 0 Å². The van der Waals surface area contributed by atoms with Gasteiger partial charge in [0.05, 0.1) is 0 Å². The third-order valence-corrected chi connectivity index (χ3v) is 4.30. The van der Waals surface area contributed by atoms with Gasteiger partial charge in [0.2, 0.25) is 5.91 Å². The highest BCUT2D eigenvalue weighted by Gasteiger charge is 2.34. The molecule has 0 aromatic heterocycles. The molecule has 1 amide bonds. The van der Waals surface area contributed by atoms with Crippen LogP contribution >= 0.6 is 0 Å². The van der Waals surface area contributed by atoms with Crippen molar-refractivity contribution in [1.82, 2.24) is 4.90 Å². The average molecular weight is 240 g/mol. The molecule has 0 saturated heterocycles. The van der Waals surface area contributed by atoms with Gasteiger partial charge in [0, 0.05) is 24.5 Å². The third-order valence-electron chi connectivity index (χ3n) is 4.30. The average Bonchev–Trinajstić information content (AvgIpc) is 2.32. The summed E-state index contributed by atoms with van der Waals surface area (Å²) in [5.41, 5.74) is 6.00. The van der Waals surface area contributed by atoms with Gasteiger partial charge < -0.3 is 10.6 Å². The number of hydrogen-bond acceptors (Lipinski definition) is 2. The Morgan fingerprint density at radius 1 is 1.41 bits per heavy atom. The van der Waals surface area contributed by atoms with E-state index in [9.17, 15) is 4.79 Å². The number of hydrogen-bond donors (Lipinski definition) is 1. The quantitative estimate of drug-likeness (QED) is 0.820. The summed E-state index contributed by atoms with van der Waals surface area (Å²) < 4.78 is 0. The highest BCUT2D eigenvalue weighted by atomic mass is 16.2. The molecule has 0 aromatic rings. The fourth-order valence-corrected chi connectivity index (χ4v) is 2.82. The second-order valence-corrected chi connectivity index (χ2v) is 5.54. The number of nitrogens with two attached hydrogens (primary N) is 1. The van der Waals surface area contributed by atoms with Crippen LogP contribution in [0.4, 0.5) is 0 Å². The van der Waals surface area contributed by atoms with Gasteiger partial charge in [-0.2, -0.15) is 0 Å². The molecule has 1 aliphatic carbocycles. The van der Waals surface area contributed by atoms with Gasteiger partial charge in [-0.15, -0.1) is 0 Å². The Hall–Kier alpha value is -0.570. The standard InChI is InChI=1S/C14H28N2O/c1-5-11(4)16(6-2)14(17)13-9-12(15)8-7-10(13)3/h10-13H,5-9,15H2,1-4H3. The molecule has 4 atom stereocenters. The molecule has 2 N–H and O–H groups in total. The van der Waals surface area contributed by atoms with Gasteiger partial charge in [0.1, 0.15) is 0 Å². The summed E-state index contributed by atoms with van der Waals surface area (Å²) in [6.45, 7) is 9.34. The number of carbonyl (C=O) groups is 1. The minimum Gasteiger partial charge on any atom is -0.340 e. The van der Waals surface area contributed by atoms with E-state index >= 15 is 0 Å². The predicted octanol–water partition coefficient (Wildman–Crippen LogP) is 2.40. The van der Waals surface area contributed by atoms with Gasteiger partial charge in [-0.25, -0.2) is 0 Å². The lowest BCUT2D eigenvalue weighted by Crippen LogP contribution is -2.46. The van der Waals surface area contributed by atoms with E-state index in [2.05, 4.69) is 27.7 Å². The van der Waals surface area contributed by atoms with Crippen molar-refractivity contribution < 1.29 is 4.79 Å². The van der Waals surface area contributed by atoms with Crippen LogP contribution in [0.25, 0.3) is 0 Å². The molecule has 0 aliphatic heterocycles. The number of rotatable bonds is 4. The van der Waals surface area contributed by atoms with Gasteiger partial charge in [0.25, 0.3) is 0 Å². The van der Waals surface area contributed by atoms with Crippen molar-refractivity contribution in [3.63, 3.8) is 0 Å². The lowest BCUT2D eigenvalue weighted by molar-refractivity contribution is -0.140. The summed E-state index contributed by atoms with van der Waals surface area (Å²) in [6.07, 6.45) is 4.05. The summed E-state index contributed by atoms with van der Waals surface area (Å²) in [4.78, 5) is 14.6. The summed E-state index contributed by atoms with van der Waals surface area (Å²) in [6, 6.07) is 0.564. The van der Waals surface area contributed by atoms with E-state index in [4.69, 9.17) is 5.73 Å². The normalized spacial score (nSPS) is 31.0. The molecule has 0 spiro atoms. The van der Waals surface area contributed by atoms with E-state index in [1.54, 1.807) is 0 Å². The number of carbonyl (C=O) groups excluding carboxylic acids is 1. The Morgan fingerprint density at radius 2 is 2.06 bits per heavy atom. The molecule has 100 valence electrons. The van der Waals surface area contributed by atoms with Crippen LogP contribution in [0.1, 0.15) is 53.4 Å². The maximum absolute atomic E-state index is 12.6. The molecular weight excluding hydrogens is 212 g/mol. The van der Waals surface area contributed by atoms with Crippen molar-refractivity contribution >= 4 is 5.91 Å². The monoisotopic (exact) mass is 240 g/mol. The van der Waals surface area contributed by atoms with Gasteiger partial charge in [-0.3, -0.25) is 4.79 Å². The Labute approximate surface area is 106 Å². The molecule has 3 heteroatoms. The van der Waals surface area contributed by atoms with Crippen LogP contribution in [0.2, 0.25) is 0 Å². The summed E-state index contributed by atoms with van der Waals surface area (Å²) >= 11 is 0. The zero-order chi connectivity index (χ0) is 13.0. The first kappa shape index (κ1) is 14.5. The molecule has 3 nitrogen and oxygen atoms in total. The molecule has 1 fully saturated rings. The first-order valence-corrected chi connectivity index (χ1v) is 7.07. The SMILES string of the molecule is CCC(C)N(CC)C(=O)C1CC(N)CCC1C. The van der Waals surface area contributed by atoms with Gasteiger partial charge >= 0.3 is 0 Å². The van der Waals surface area contributed by atoms with Crippen molar-refractivity contribution in [2.24, 2.45) is 17.6 Å². The Bertz CT molecular complexity index is 255. The van der Waals surface area contributed by atoms with Gasteiger partial charge in [-0.05, 0) is 45.4 Å². The van der Waals surface area contributed by atoms with Crippen molar-refractivity contribution in [2.45, 2.75) is 65.5 Å². The summed E-state index contributed by atoms with van der Waals surface area (Å²) in [5.74, 6) is 0.956. The van der Waals surface area contributed by atoms with Crippen LogP contribution in [0.5, 0.6) is 0 Å². The van der Waals surface area contributed by atoms with Crippen molar-refractivity contribution in [2.75, 3.05) is 6.54 Å². The fraction of sp³-hybridized carbons (Fsp3) is 0.929. The molecule has 17 heavy (non-hydrogen) atoms. The van der Waals surface area contributed by atoms with E-state index in [-0.39, 0.29) is 12.0 Å². The maximum Gasteiger partial charge on any atom is 0.226 e. The topological polar surface area (TPSA) is 46.3 Å².